The van der Waals surface area contributed by atoms with Gasteiger partial charge in [-0.25, -0.2) is 0 Å². The van der Waals surface area contributed by atoms with Crippen LogP contribution < -0.4 is 5.32 Å². The molecule has 3 fully saturated rings. The van der Waals surface area contributed by atoms with Crippen molar-refractivity contribution in [1.29, 1.82) is 0 Å². The lowest BCUT2D eigenvalue weighted by Gasteiger charge is -2.34. The Morgan fingerprint density at radius 1 is 1.31 bits per heavy atom. The van der Waals surface area contributed by atoms with Crippen LogP contribution in [-0.4, -0.2) is 85.3 Å². The number of carbonyl (C=O) groups excluding carboxylic acids is 1. The van der Waals surface area contributed by atoms with Crippen LogP contribution >= 0.6 is 0 Å². The molecule has 26 heavy (non-hydrogen) atoms. The summed E-state index contributed by atoms with van der Waals surface area (Å²) in [5.74, 6) is 0.0948. The SMILES string of the molecule is CC(C)CN1CCOC(CNC(=O)CN2C[C@@H]3CCC[C@@]3(C(=O)O)C2)C1. The Kier molecular flexibility index (Phi) is 6.20. The molecular weight excluding hydrogens is 334 g/mol. The van der Waals surface area contributed by atoms with Crippen LogP contribution in [0.25, 0.3) is 0 Å². The van der Waals surface area contributed by atoms with Gasteiger partial charge in [0.05, 0.1) is 24.7 Å². The highest BCUT2D eigenvalue weighted by molar-refractivity contribution is 5.79. The number of nitrogens with zero attached hydrogens (tertiary/aromatic N) is 2. The standard InChI is InChI=1S/C19H33N3O4/c1-14(2)9-21-6-7-26-16(11-21)8-20-17(23)12-22-10-15-4-3-5-19(15,13-22)18(24)25/h14-16H,3-13H2,1-2H3,(H,20,23)(H,24,25)/t15-,16?,19+/m0/s1. The largest absolute Gasteiger partial charge is 0.481 e. The van der Waals surface area contributed by atoms with Gasteiger partial charge >= 0.3 is 5.97 Å². The molecule has 2 aliphatic heterocycles. The minimum Gasteiger partial charge on any atom is -0.481 e. The maximum absolute atomic E-state index is 12.3. The summed E-state index contributed by atoms with van der Waals surface area (Å²) in [6.45, 7) is 10.0. The molecule has 7 heteroatoms. The second-order valence-corrected chi connectivity index (χ2v) is 8.67. The fourth-order valence-corrected chi connectivity index (χ4v) is 4.94. The maximum Gasteiger partial charge on any atom is 0.311 e. The van der Waals surface area contributed by atoms with E-state index in [1.54, 1.807) is 0 Å². The molecule has 1 amide bonds. The monoisotopic (exact) mass is 367 g/mol. The summed E-state index contributed by atoms with van der Waals surface area (Å²) in [5, 5.41) is 12.6. The smallest absolute Gasteiger partial charge is 0.311 e. The van der Waals surface area contributed by atoms with E-state index in [1.807, 2.05) is 4.90 Å². The molecule has 2 saturated heterocycles. The highest BCUT2D eigenvalue weighted by Gasteiger charge is 2.54. The molecule has 3 rings (SSSR count). The van der Waals surface area contributed by atoms with Gasteiger partial charge in [-0.15, -0.1) is 0 Å². The second-order valence-electron chi connectivity index (χ2n) is 8.67. The fourth-order valence-electron chi connectivity index (χ4n) is 4.94. The lowest BCUT2D eigenvalue weighted by Crippen LogP contribution is -2.49. The molecule has 3 atom stereocenters. The summed E-state index contributed by atoms with van der Waals surface area (Å²) >= 11 is 0. The summed E-state index contributed by atoms with van der Waals surface area (Å²) in [7, 11) is 0. The average molecular weight is 367 g/mol. The Hall–Kier alpha value is -1.18. The van der Waals surface area contributed by atoms with E-state index in [0.29, 0.717) is 25.6 Å². The van der Waals surface area contributed by atoms with Crippen molar-refractivity contribution in [1.82, 2.24) is 15.1 Å². The van der Waals surface area contributed by atoms with Crippen molar-refractivity contribution in [2.75, 3.05) is 52.4 Å². The number of carboxylic acids is 1. The molecule has 0 bridgehead atoms. The number of likely N-dealkylation sites (tertiary alicyclic amines) is 1. The average Bonchev–Trinajstić information content (AvgIpc) is 3.10. The van der Waals surface area contributed by atoms with Crippen molar-refractivity contribution in [3.8, 4) is 0 Å². The summed E-state index contributed by atoms with van der Waals surface area (Å²) in [4.78, 5) is 28.5. The van der Waals surface area contributed by atoms with Gasteiger partial charge < -0.3 is 15.2 Å². The molecule has 0 aromatic heterocycles. The van der Waals surface area contributed by atoms with Gasteiger partial charge in [-0.1, -0.05) is 20.3 Å². The number of carboxylic acid groups (broad SMARTS) is 1. The van der Waals surface area contributed by atoms with Crippen molar-refractivity contribution in [3.63, 3.8) is 0 Å². The van der Waals surface area contributed by atoms with Crippen molar-refractivity contribution in [2.45, 2.75) is 39.2 Å². The zero-order chi connectivity index (χ0) is 18.7. The van der Waals surface area contributed by atoms with Crippen molar-refractivity contribution < 1.29 is 19.4 Å². The molecule has 1 unspecified atom stereocenters. The molecular formula is C19H33N3O4. The number of hydrogen-bond acceptors (Lipinski definition) is 5. The molecule has 3 aliphatic rings. The second kappa shape index (κ2) is 8.23. The number of aliphatic carboxylic acids is 1. The Bertz CT molecular complexity index is 527. The first-order valence-electron chi connectivity index (χ1n) is 9.95. The summed E-state index contributed by atoms with van der Waals surface area (Å²) in [6, 6.07) is 0. The van der Waals surface area contributed by atoms with Crippen LogP contribution in [0.3, 0.4) is 0 Å². The van der Waals surface area contributed by atoms with E-state index < -0.39 is 11.4 Å². The van der Waals surface area contributed by atoms with E-state index >= 15 is 0 Å². The van der Waals surface area contributed by atoms with Gasteiger partial charge in [-0.3, -0.25) is 19.4 Å². The summed E-state index contributed by atoms with van der Waals surface area (Å²) in [5.41, 5.74) is -0.621. The molecule has 1 aliphatic carbocycles. The predicted molar refractivity (Wildman–Crippen MR) is 97.9 cm³/mol. The number of rotatable bonds is 7. The van der Waals surface area contributed by atoms with Crippen LogP contribution in [0.15, 0.2) is 0 Å². The first kappa shape index (κ1) is 19.6. The molecule has 2 N–H and O–H groups in total. The van der Waals surface area contributed by atoms with Gasteiger partial charge in [-0.2, -0.15) is 0 Å². The number of ether oxygens (including phenoxy) is 1. The molecule has 0 aromatic rings. The van der Waals surface area contributed by atoms with E-state index in [2.05, 4.69) is 24.1 Å². The minimum absolute atomic E-state index is 0.0323. The highest BCUT2D eigenvalue weighted by Crippen LogP contribution is 2.48. The molecule has 148 valence electrons. The van der Waals surface area contributed by atoms with Crippen LogP contribution in [0.2, 0.25) is 0 Å². The summed E-state index contributed by atoms with van der Waals surface area (Å²) < 4.78 is 5.77. The topological polar surface area (TPSA) is 82.1 Å². The van der Waals surface area contributed by atoms with Crippen LogP contribution in [0.1, 0.15) is 33.1 Å². The van der Waals surface area contributed by atoms with Crippen molar-refractivity contribution in [2.24, 2.45) is 17.3 Å². The zero-order valence-corrected chi connectivity index (χ0v) is 16.1. The molecule has 0 radical (unpaired) electrons. The number of carbonyl (C=O) groups is 2. The third-order valence-corrected chi connectivity index (χ3v) is 6.11. The van der Waals surface area contributed by atoms with Crippen LogP contribution in [0.4, 0.5) is 0 Å². The van der Waals surface area contributed by atoms with Gasteiger partial charge in [0.15, 0.2) is 0 Å². The normalized spacial score (nSPS) is 32.7. The van der Waals surface area contributed by atoms with Crippen molar-refractivity contribution >= 4 is 11.9 Å². The van der Waals surface area contributed by atoms with E-state index in [-0.39, 0.29) is 24.5 Å². The first-order chi connectivity index (χ1) is 12.4. The Balaban J connectivity index is 1.42. The van der Waals surface area contributed by atoms with Gasteiger partial charge in [0.1, 0.15) is 0 Å². The predicted octanol–water partition coefficient (Wildman–Crippen LogP) is 0.646. The lowest BCUT2D eigenvalue weighted by atomic mass is 9.81. The van der Waals surface area contributed by atoms with Crippen LogP contribution in [0, 0.1) is 17.3 Å². The van der Waals surface area contributed by atoms with Gasteiger partial charge in [-0.05, 0) is 24.7 Å². The van der Waals surface area contributed by atoms with E-state index in [9.17, 15) is 14.7 Å². The Morgan fingerprint density at radius 3 is 2.81 bits per heavy atom. The third-order valence-electron chi connectivity index (χ3n) is 6.11. The summed E-state index contributed by atoms with van der Waals surface area (Å²) in [6.07, 6.45) is 2.73. The molecule has 2 heterocycles. The molecule has 1 saturated carbocycles. The third kappa shape index (κ3) is 4.38. The Morgan fingerprint density at radius 2 is 2.12 bits per heavy atom. The van der Waals surface area contributed by atoms with Crippen LogP contribution in [0.5, 0.6) is 0 Å². The highest BCUT2D eigenvalue weighted by atomic mass is 16.5. The lowest BCUT2D eigenvalue weighted by molar-refractivity contribution is -0.149. The van der Waals surface area contributed by atoms with Gasteiger partial charge in [0.2, 0.25) is 5.91 Å². The van der Waals surface area contributed by atoms with E-state index in [4.69, 9.17) is 4.74 Å². The fraction of sp³-hybridized carbons (Fsp3) is 0.895. The van der Waals surface area contributed by atoms with Gasteiger partial charge in [0, 0.05) is 39.3 Å². The Labute approximate surface area is 156 Å². The maximum atomic E-state index is 12.3. The molecule has 7 nitrogen and oxygen atoms in total. The van der Waals surface area contributed by atoms with Crippen LogP contribution in [-0.2, 0) is 14.3 Å². The van der Waals surface area contributed by atoms with Crippen molar-refractivity contribution in [3.05, 3.63) is 0 Å². The van der Waals surface area contributed by atoms with E-state index in [0.717, 1.165) is 45.4 Å². The quantitative estimate of drug-likeness (QED) is 0.687. The number of morpholine rings is 1. The minimum atomic E-state index is -0.691. The van der Waals surface area contributed by atoms with E-state index in [1.165, 1.54) is 0 Å². The molecule has 0 aromatic carbocycles. The number of amides is 1. The van der Waals surface area contributed by atoms with Gasteiger partial charge in [0.25, 0.3) is 0 Å². The number of nitrogens with one attached hydrogen (secondary N) is 1. The number of hydrogen-bond donors (Lipinski definition) is 2. The first-order valence-corrected chi connectivity index (χ1v) is 9.95. The molecule has 0 spiro atoms. The number of fused-ring (bicyclic) bond motifs is 1. The zero-order valence-electron chi connectivity index (χ0n) is 16.1.